The number of hydrogen-bond donors (Lipinski definition) is 2. The summed E-state index contributed by atoms with van der Waals surface area (Å²) < 4.78 is 5.57. The SMILES string of the molecule is O=c1cc(C[NH+]2CCCC[C@@H]2CCO)c2ccc3ccccc3c2o1. The number of nitrogens with one attached hydrogen (secondary N) is 1. The Morgan fingerprint density at radius 3 is 2.88 bits per heavy atom. The largest absolute Gasteiger partial charge is 0.422 e. The van der Waals surface area contributed by atoms with Crippen LogP contribution in [0.5, 0.6) is 0 Å². The molecule has 2 atom stereocenters. The molecule has 0 aliphatic carbocycles. The van der Waals surface area contributed by atoms with Gasteiger partial charge in [-0.15, -0.1) is 0 Å². The Morgan fingerprint density at radius 2 is 2.00 bits per heavy atom. The van der Waals surface area contributed by atoms with Crippen molar-refractivity contribution in [3.63, 3.8) is 0 Å². The van der Waals surface area contributed by atoms with Gasteiger partial charge in [0.05, 0.1) is 12.6 Å². The summed E-state index contributed by atoms with van der Waals surface area (Å²) in [5.74, 6) is 0. The summed E-state index contributed by atoms with van der Waals surface area (Å²) in [7, 11) is 0. The van der Waals surface area contributed by atoms with Crippen LogP contribution in [0, 0.1) is 0 Å². The van der Waals surface area contributed by atoms with Gasteiger partial charge in [0.2, 0.25) is 0 Å². The van der Waals surface area contributed by atoms with Gasteiger partial charge in [0.25, 0.3) is 0 Å². The molecular formula is C21H24NO3+. The summed E-state index contributed by atoms with van der Waals surface area (Å²) in [6, 6.07) is 14.3. The first-order chi connectivity index (χ1) is 12.3. The molecule has 2 heterocycles. The standard InChI is InChI=1S/C21H23NO3/c23-12-10-17-6-3-4-11-22(17)14-16-13-20(24)25-21-18-7-2-1-5-15(18)8-9-19(16)21/h1-2,5,7-9,13,17,23H,3-4,6,10-12,14H2/p+1/t17-/m1/s1. The summed E-state index contributed by atoms with van der Waals surface area (Å²) in [5, 5.41) is 12.5. The molecule has 1 aliphatic rings. The number of aliphatic hydroxyl groups is 1. The number of hydrogen-bond acceptors (Lipinski definition) is 3. The lowest BCUT2D eigenvalue weighted by Gasteiger charge is -2.32. The Kier molecular flexibility index (Phi) is 4.55. The number of likely N-dealkylation sites (tertiary alicyclic amines) is 1. The molecule has 1 aliphatic heterocycles. The quantitative estimate of drug-likeness (QED) is 0.567. The van der Waals surface area contributed by atoms with Gasteiger partial charge in [-0.05, 0) is 24.6 Å². The maximum absolute atomic E-state index is 12.2. The zero-order valence-electron chi connectivity index (χ0n) is 14.3. The number of aliphatic hydroxyl groups excluding tert-OH is 1. The Bertz CT molecular complexity index is 945. The number of benzene rings is 2. The van der Waals surface area contributed by atoms with Gasteiger partial charge in [-0.25, -0.2) is 4.79 Å². The maximum Gasteiger partial charge on any atom is 0.336 e. The van der Waals surface area contributed by atoms with E-state index in [1.807, 2.05) is 24.3 Å². The van der Waals surface area contributed by atoms with Gasteiger partial charge < -0.3 is 14.4 Å². The molecule has 0 saturated carbocycles. The van der Waals surface area contributed by atoms with Crippen molar-refractivity contribution in [1.29, 1.82) is 0 Å². The minimum atomic E-state index is -0.283. The maximum atomic E-state index is 12.2. The highest BCUT2D eigenvalue weighted by Crippen LogP contribution is 2.26. The van der Waals surface area contributed by atoms with E-state index in [0.29, 0.717) is 11.6 Å². The van der Waals surface area contributed by atoms with Crippen LogP contribution >= 0.6 is 0 Å². The predicted molar refractivity (Wildman–Crippen MR) is 98.9 cm³/mol. The molecule has 2 aromatic carbocycles. The van der Waals surface area contributed by atoms with Crippen LogP contribution in [-0.2, 0) is 6.54 Å². The molecule has 4 heteroatoms. The third-order valence-corrected chi connectivity index (χ3v) is 5.49. The van der Waals surface area contributed by atoms with Crippen molar-refractivity contribution < 1.29 is 14.4 Å². The summed E-state index contributed by atoms with van der Waals surface area (Å²) in [4.78, 5) is 13.7. The van der Waals surface area contributed by atoms with E-state index in [9.17, 15) is 9.90 Å². The van der Waals surface area contributed by atoms with Crippen molar-refractivity contribution in [3.8, 4) is 0 Å². The van der Waals surface area contributed by atoms with Gasteiger partial charge in [-0.2, -0.15) is 0 Å². The molecule has 1 saturated heterocycles. The van der Waals surface area contributed by atoms with Crippen molar-refractivity contribution in [3.05, 3.63) is 58.4 Å². The van der Waals surface area contributed by atoms with Gasteiger partial charge in [0, 0.05) is 35.4 Å². The fourth-order valence-corrected chi connectivity index (χ4v) is 4.23. The van der Waals surface area contributed by atoms with E-state index < -0.39 is 0 Å². The van der Waals surface area contributed by atoms with Crippen LogP contribution in [0.2, 0.25) is 0 Å². The Labute approximate surface area is 146 Å². The fraction of sp³-hybridized carbons (Fsp3) is 0.381. The number of fused-ring (bicyclic) bond motifs is 3. The lowest BCUT2D eigenvalue weighted by molar-refractivity contribution is -0.944. The van der Waals surface area contributed by atoms with E-state index in [4.69, 9.17) is 4.42 Å². The molecule has 4 nitrogen and oxygen atoms in total. The van der Waals surface area contributed by atoms with E-state index in [-0.39, 0.29) is 12.2 Å². The van der Waals surface area contributed by atoms with Crippen LogP contribution in [0.15, 0.2) is 51.7 Å². The lowest BCUT2D eigenvalue weighted by atomic mass is 9.97. The molecule has 3 aromatic rings. The molecule has 4 rings (SSSR count). The average Bonchev–Trinajstić information content (AvgIpc) is 2.63. The minimum absolute atomic E-state index is 0.233. The Hall–Kier alpha value is -2.17. The Balaban J connectivity index is 1.79. The molecular weight excluding hydrogens is 314 g/mol. The van der Waals surface area contributed by atoms with Crippen molar-refractivity contribution >= 4 is 21.7 Å². The fourth-order valence-electron chi connectivity index (χ4n) is 4.23. The summed E-state index contributed by atoms with van der Waals surface area (Å²) in [6.07, 6.45) is 4.42. The minimum Gasteiger partial charge on any atom is -0.422 e. The topological polar surface area (TPSA) is 54.9 Å². The molecule has 0 spiro atoms. The molecule has 1 aromatic heterocycles. The van der Waals surface area contributed by atoms with Crippen molar-refractivity contribution in [1.82, 2.24) is 0 Å². The van der Waals surface area contributed by atoms with Gasteiger partial charge in [0.1, 0.15) is 12.1 Å². The molecule has 1 unspecified atom stereocenters. The second kappa shape index (κ2) is 6.98. The van der Waals surface area contributed by atoms with E-state index in [0.717, 1.165) is 47.7 Å². The summed E-state index contributed by atoms with van der Waals surface area (Å²) >= 11 is 0. The zero-order chi connectivity index (χ0) is 17.2. The first-order valence-electron chi connectivity index (χ1n) is 9.16. The third kappa shape index (κ3) is 3.20. The van der Waals surface area contributed by atoms with Crippen LogP contribution in [0.3, 0.4) is 0 Å². The molecule has 0 radical (unpaired) electrons. The van der Waals surface area contributed by atoms with Crippen molar-refractivity contribution in [2.24, 2.45) is 0 Å². The molecule has 2 N–H and O–H groups in total. The van der Waals surface area contributed by atoms with Crippen LogP contribution in [0.25, 0.3) is 21.7 Å². The number of piperidine rings is 1. The van der Waals surface area contributed by atoms with Crippen LogP contribution in [0.1, 0.15) is 31.2 Å². The summed E-state index contributed by atoms with van der Waals surface area (Å²) in [6.45, 7) is 2.14. The van der Waals surface area contributed by atoms with E-state index in [1.165, 1.54) is 17.7 Å². The van der Waals surface area contributed by atoms with Crippen LogP contribution in [0.4, 0.5) is 0 Å². The zero-order valence-corrected chi connectivity index (χ0v) is 14.3. The smallest absolute Gasteiger partial charge is 0.336 e. The highest BCUT2D eigenvalue weighted by Gasteiger charge is 2.26. The van der Waals surface area contributed by atoms with Crippen molar-refractivity contribution in [2.45, 2.75) is 38.3 Å². The molecule has 0 amide bonds. The highest BCUT2D eigenvalue weighted by atomic mass is 16.4. The normalized spacial score (nSPS) is 21.0. The second-order valence-electron chi connectivity index (χ2n) is 7.04. The lowest BCUT2D eigenvalue weighted by Crippen LogP contribution is -3.15. The first-order valence-corrected chi connectivity index (χ1v) is 9.16. The molecule has 130 valence electrons. The van der Waals surface area contributed by atoms with Crippen molar-refractivity contribution in [2.75, 3.05) is 13.2 Å². The molecule has 0 bridgehead atoms. The second-order valence-corrected chi connectivity index (χ2v) is 7.04. The monoisotopic (exact) mass is 338 g/mol. The third-order valence-electron chi connectivity index (χ3n) is 5.49. The molecule has 1 fully saturated rings. The highest BCUT2D eigenvalue weighted by molar-refractivity contribution is 6.04. The predicted octanol–water partition coefficient (Wildman–Crippen LogP) is 2.27. The van der Waals surface area contributed by atoms with Gasteiger partial charge >= 0.3 is 5.63 Å². The number of quaternary nitrogens is 1. The first kappa shape index (κ1) is 16.3. The van der Waals surface area contributed by atoms with Gasteiger partial charge in [0.15, 0.2) is 0 Å². The molecule has 25 heavy (non-hydrogen) atoms. The van der Waals surface area contributed by atoms with Crippen LogP contribution < -0.4 is 10.5 Å². The Morgan fingerprint density at radius 1 is 1.12 bits per heavy atom. The average molecular weight is 338 g/mol. The summed E-state index contributed by atoms with van der Waals surface area (Å²) in [5.41, 5.74) is 1.46. The van der Waals surface area contributed by atoms with Gasteiger partial charge in [-0.3, -0.25) is 0 Å². The van der Waals surface area contributed by atoms with E-state index >= 15 is 0 Å². The number of rotatable bonds is 4. The van der Waals surface area contributed by atoms with Crippen LogP contribution in [-0.4, -0.2) is 24.3 Å². The van der Waals surface area contributed by atoms with E-state index in [1.54, 1.807) is 6.07 Å². The van der Waals surface area contributed by atoms with Gasteiger partial charge in [-0.1, -0.05) is 36.4 Å². The van der Waals surface area contributed by atoms with E-state index in [2.05, 4.69) is 12.1 Å².